The second kappa shape index (κ2) is 9.87. The first kappa shape index (κ1) is 19.0. The number of aryl methyl sites for hydroxylation is 1. The molecule has 23 heavy (non-hydrogen) atoms. The van der Waals surface area contributed by atoms with Gasteiger partial charge in [-0.1, -0.05) is 13.0 Å². The second-order valence-corrected chi connectivity index (χ2v) is 6.34. The van der Waals surface area contributed by atoms with Crippen molar-refractivity contribution in [1.29, 1.82) is 0 Å². The molecular weight excluding hydrogens is 314 g/mol. The molecule has 0 radical (unpaired) electrons. The maximum absolute atomic E-state index is 5.80. The van der Waals surface area contributed by atoms with Crippen LogP contribution >= 0.6 is 0 Å². The van der Waals surface area contributed by atoms with Crippen molar-refractivity contribution >= 4 is 5.82 Å². The summed E-state index contributed by atoms with van der Waals surface area (Å²) in [5, 5.41) is 3.25. The van der Waals surface area contributed by atoms with Crippen LogP contribution in [0.1, 0.15) is 44.1 Å². The fourth-order valence-electron chi connectivity index (χ4n) is 3.17. The van der Waals surface area contributed by atoms with E-state index in [1.54, 1.807) is 0 Å². The monoisotopic (exact) mass is 341 g/mol. The number of unbranched alkanes of at least 4 members (excludes halogenated alkanes) is 1. The average molecular weight is 341 g/mol. The Morgan fingerprint density at radius 3 is 2.78 bits per heavy atom. The third-order valence-electron chi connectivity index (χ3n) is 4.51. The molecule has 4 nitrogen and oxygen atoms in total. The zero-order valence-electron chi connectivity index (χ0n) is 13.8. The molecule has 0 bridgehead atoms. The van der Waals surface area contributed by atoms with Crippen molar-refractivity contribution in [2.75, 3.05) is 31.6 Å². The molecule has 1 aromatic rings. The van der Waals surface area contributed by atoms with Crippen molar-refractivity contribution in [2.45, 2.75) is 44.9 Å². The van der Waals surface area contributed by atoms with Gasteiger partial charge in [0.25, 0.3) is 0 Å². The fraction of sp³-hybridized carbons (Fsp3) is 0.611. The topological polar surface area (TPSA) is 37.4 Å². The smallest absolute Gasteiger partial charge is 0.215 e. The molecule has 1 aromatic heterocycles. The van der Waals surface area contributed by atoms with Crippen molar-refractivity contribution in [3.05, 3.63) is 30.0 Å². The quantitative estimate of drug-likeness (QED) is 0.803. The maximum Gasteiger partial charge on any atom is 0.215 e. The summed E-state index contributed by atoms with van der Waals surface area (Å²) in [5.41, 5.74) is 2.29. The van der Waals surface area contributed by atoms with Crippen LogP contribution in [0.2, 0.25) is 0 Å². The number of pyridine rings is 1. The van der Waals surface area contributed by atoms with E-state index in [0.29, 0.717) is 0 Å². The Bertz CT molecular complexity index is 515. The fourth-order valence-corrected chi connectivity index (χ4v) is 3.17. The van der Waals surface area contributed by atoms with Crippen molar-refractivity contribution < 1.29 is 42.5 Å². The number of nitrogens with zero attached hydrogens (tertiary/aromatic N) is 2. The van der Waals surface area contributed by atoms with Crippen molar-refractivity contribution in [3.8, 4) is 5.88 Å². The summed E-state index contributed by atoms with van der Waals surface area (Å²) in [6, 6.07) is 4.10. The molecule has 1 fully saturated rings. The number of hydrogen-bond acceptors (Lipinski definition) is 4. The summed E-state index contributed by atoms with van der Waals surface area (Å²) in [6.07, 6.45) is 8.46. The molecule has 5 heteroatoms. The number of allylic oxidation sites excluding steroid dienone is 1. The summed E-state index contributed by atoms with van der Waals surface area (Å²) in [4.78, 5) is 7.13. The van der Waals surface area contributed by atoms with Gasteiger partial charge >= 0.3 is 0 Å². The molecule has 0 aromatic carbocycles. The van der Waals surface area contributed by atoms with E-state index in [0.717, 1.165) is 43.3 Å². The number of anilines is 1. The van der Waals surface area contributed by atoms with Gasteiger partial charge in [0.2, 0.25) is 5.88 Å². The zero-order chi connectivity index (χ0) is 15.2. The average Bonchev–Trinajstić information content (AvgIpc) is 2.55. The number of likely N-dealkylation sites (tertiary alicyclic amines) is 1. The van der Waals surface area contributed by atoms with E-state index in [2.05, 4.69) is 27.8 Å². The van der Waals surface area contributed by atoms with Gasteiger partial charge in [0.05, 0.1) is 6.61 Å². The molecule has 2 aliphatic rings. The minimum Gasteiger partial charge on any atom is -0.478 e. The van der Waals surface area contributed by atoms with Gasteiger partial charge in [0.1, 0.15) is 5.82 Å². The molecule has 0 amide bonds. The van der Waals surface area contributed by atoms with Gasteiger partial charge < -0.3 is 15.0 Å². The Hall–Kier alpha value is -0.290. The largest absolute Gasteiger partial charge is 0.478 e. The predicted molar refractivity (Wildman–Crippen MR) is 90.3 cm³/mol. The molecule has 0 spiro atoms. The van der Waals surface area contributed by atoms with Crippen LogP contribution in [0.3, 0.4) is 0 Å². The van der Waals surface area contributed by atoms with E-state index in [1.807, 2.05) is 6.07 Å². The summed E-state index contributed by atoms with van der Waals surface area (Å²) in [6.45, 7) is 8.50. The van der Waals surface area contributed by atoms with Crippen LogP contribution in [0.15, 0.2) is 24.4 Å². The Balaban J connectivity index is 0.00000192. The van der Waals surface area contributed by atoms with Gasteiger partial charge in [-0.2, -0.15) is 4.98 Å². The first-order valence-corrected chi connectivity index (χ1v) is 8.61. The number of ether oxygens (including phenoxy) is 1. The number of nitrogens with one attached hydrogen (secondary N) is 1. The van der Waals surface area contributed by atoms with Gasteiger partial charge in [0, 0.05) is 49.5 Å². The van der Waals surface area contributed by atoms with E-state index in [1.165, 1.54) is 50.9 Å². The van der Waals surface area contributed by atoms with Crippen LogP contribution in [0.5, 0.6) is 5.88 Å². The van der Waals surface area contributed by atoms with E-state index >= 15 is 0 Å². The Kier molecular flexibility index (Phi) is 8.17. The number of aromatic nitrogens is 1. The normalized spacial score (nSPS) is 17.8. The number of rotatable bonds is 6. The van der Waals surface area contributed by atoms with E-state index in [-0.39, 0.29) is 37.7 Å². The number of hydrogen-bond donors (Lipinski definition) is 1. The van der Waals surface area contributed by atoms with Crippen molar-refractivity contribution in [3.63, 3.8) is 0 Å². The standard InChI is InChI=1S/C18H27N3O.Ar/c1-15-7-8-16-9-10-17(20-18(16)19-15)22-14-6-5-13-21-11-3-2-4-12-21;/h9-10H,1-8,11-14H2,(H,19,20);. The molecule has 0 atom stereocenters. The zero-order valence-corrected chi connectivity index (χ0v) is 14.5. The Morgan fingerprint density at radius 2 is 1.96 bits per heavy atom. The van der Waals surface area contributed by atoms with Crippen LogP contribution in [0.25, 0.3) is 0 Å². The summed E-state index contributed by atoms with van der Waals surface area (Å²) >= 11 is 0. The molecule has 0 aliphatic carbocycles. The number of fused-ring (bicyclic) bond motifs is 1. The van der Waals surface area contributed by atoms with Gasteiger partial charge in [-0.05, 0) is 69.8 Å². The molecular formula is C18H27ArN3O. The Morgan fingerprint density at radius 1 is 1.13 bits per heavy atom. The summed E-state index contributed by atoms with van der Waals surface area (Å²) in [5.74, 6) is 1.64. The SMILES string of the molecule is C=C1CCc2ccc(OCCCCN3CCCCC3)nc2N1.[Ar]. The minimum absolute atomic E-state index is 0. The molecule has 3 heterocycles. The molecule has 128 valence electrons. The van der Waals surface area contributed by atoms with Crippen LogP contribution in [0.4, 0.5) is 5.82 Å². The van der Waals surface area contributed by atoms with E-state index in [4.69, 9.17) is 4.74 Å². The minimum atomic E-state index is 0. The molecule has 3 rings (SSSR count). The van der Waals surface area contributed by atoms with Crippen LogP contribution in [-0.4, -0.2) is 36.1 Å². The molecule has 2 aliphatic heterocycles. The molecule has 1 N–H and O–H groups in total. The van der Waals surface area contributed by atoms with Crippen LogP contribution in [-0.2, 0) is 6.42 Å². The van der Waals surface area contributed by atoms with Crippen molar-refractivity contribution in [1.82, 2.24) is 9.88 Å². The van der Waals surface area contributed by atoms with E-state index < -0.39 is 0 Å². The first-order valence-electron chi connectivity index (χ1n) is 8.61. The van der Waals surface area contributed by atoms with Gasteiger partial charge in [-0.3, -0.25) is 0 Å². The van der Waals surface area contributed by atoms with Crippen molar-refractivity contribution in [2.24, 2.45) is 0 Å². The molecule has 0 unspecified atom stereocenters. The third kappa shape index (κ3) is 5.93. The molecule has 0 saturated carbocycles. The summed E-state index contributed by atoms with van der Waals surface area (Å²) < 4.78 is 5.80. The van der Waals surface area contributed by atoms with Crippen LogP contribution < -0.4 is 10.1 Å². The van der Waals surface area contributed by atoms with Gasteiger partial charge in [-0.15, -0.1) is 0 Å². The van der Waals surface area contributed by atoms with E-state index in [9.17, 15) is 0 Å². The van der Waals surface area contributed by atoms with Gasteiger partial charge in [0.15, 0.2) is 0 Å². The predicted octanol–water partition coefficient (Wildman–Crippen LogP) is 3.60. The number of piperidine rings is 1. The van der Waals surface area contributed by atoms with Crippen LogP contribution in [0, 0.1) is 37.7 Å². The molecule has 1 saturated heterocycles. The summed E-state index contributed by atoms with van der Waals surface area (Å²) in [7, 11) is 0. The second-order valence-electron chi connectivity index (χ2n) is 6.34. The first-order chi connectivity index (χ1) is 10.8. The Labute approximate surface area is 169 Å². The maximum atomic E-state index is 5.80. The third-order valence-corrected chi connectivity index (χ3v) is 4.51. The van der Waals surface area contributed by atoms with Gasteiger partial charge in [-0.25, -0.2) is 0 Å².